The molecule has 10 heteroatoms. The van der Waals surface area contributed by atoms with E-state index in [0.717, 1.165) is 22.8 Å². The zero-order chi connectivity index (χ0) is 18.0. The lowest BCUT2D eigenvalue weighted by Crippen LogP contribution is -2.07. The molecule has 0 aliphatic rings. The fourth-order valence-electron chi connectivity index (χ4n) is 1.86. The minimum absolute atomic E-state index is 0.119. The molecule has 25 heavy (non-hydrogen) atoms. The molecule has 0 unspecified atom stereocenters. The molecule has 1 aromatic carbocycles. The third kappa shape index (κ3) is 4.39. The van der Waals surface area contributed by atoms with E-state index in [1.54, 1.807) is 24.5 Å². The van der Waals surface area contributed by atoms with E-state index in [1.807, 2.05) is 12.1 Å². The van der Waals surface area contributed by atoms with Crippen molar-refractivity contribution in [3.05, 3.63) is 64.5 Å². The molecule has 2 aromatic heterocycles. The van der Waals surface area contributed by atoms with Crippen LogP contribution in [0.25, 0.3) is 5.82 Å². The summed E-state index contributed by atoms with van der Waals surface area (Å²) in [5.41, 5.74) is -0.0692. The van der Waals surface area contributed by atoms with E-state index in [0.29, 0.717) is 5.02 Å². The van der Waals surface area contributed by atoms with Gasteiger partial charge in [-0.25, -0.2) is 9.67 Å². The summed E-state index contributed by atoms with van der Waals surface area (Å²) in [5.74, 6) is 0.119. The van der Waals surface area contributed by atoms with Crippen LogP contribution >= 0.6 is 35.1 Å². The topological polar surface area (TPSA) is 42.7 Å². The van der Waals surface area contributed by atoms with Gasteiger partial charge in [-0.1, -0.05) is 23.2 Å². The molecule has 0 radical (unpaired) electrons. The number of alkyl halides is 3. The second-order valence-corrected chi connectivity index (χ2v) is 6.58. The highest BCUT2D eigenvalue weighted by Crippen LogP contribution is 2.32. The predicted octanol–water partition coefficient (Wildman–Crippen LogP) is 5.71. The van der Waals surface area contributed by atoms with Crippen LogP contribution in [-0.2, 0) is 6.18 Å². The van der Waals surface area contributed by atoms with Gasteiger partial charge in [-0.3, -0.25) is 0 Å². The van der Waals surface area contributed by atoms with Crippen LogP contribution in [0.2, 0.25) is 10.0 Å². The molecule has 130 valence electrons. The Balaban J connectivity index is 1.74. The highest BCUT2D eigenvalue weighted by molar-refractivity contribution is 8.00. The lowest BCUT2D eigenvalue weighted by molar-refractivity contribution is -0.137. The fourth-order valence-corrected chi connectivity index (χ4v) is 2.87. The highest BCUT2D eigenvalue weighted by Gasteiger charge is 2.31. The number of nitrogens with zero attached hydrogens (tertiary/aromatic N) is 3. The standard InChI is InChI=1S/C15H9Cl2F3N4S/c16-10-1-3-11(4-2-10)23-25-12-7-22-24(8-12)14-13(17)5-9(6-21-14)15(18,19)20/h1-8,23H. The number of hydrogen-bond acceptors (Lipinski definition) is 4. The van der Waals surface area contributed by atoms with Crippen LogP contribution in [0.5, 0.6) is 0 Å². The van der Waals surface area contributed by atoms with Crippen molar-refractivity contribution < 1.29 is 13.2 Å². The van der Waals surface area contributed by atoms with E-state index in [2.05, 4.69) is 14.8 Å². The van der Waals surface area contributed by atoms with Gasteiger partial charge in [0.15, 0.2) is 5.82 Å². The zero-order valence-corrected chi connectivity index (χ0v) is 14.6. The molecule has 0 saturated carbocycles. The normalized spacial score (nSPS) is 11.6. The van der Waals surface area contributed by atoms with Gasteiger partial charge in [0.2, 0.25) is 0 Å². The number of aromatic nitrogens is 3. The molecule has 0 aliphatic heterocycles. The Kier molecular flexibility index (Phi) is 5.12. The molecule has 3 aromatic rings. The third-order valence-corrected chi connectivity index (χ3v) is 4.37. The Morgan fingerprint density at radius 3 is 2.44 bits per heavy atom. The van der Waals surface area contributed by atoms with Gasteiger partial charge in [-0.2, -0.15) is 18.3 Å². The summed E-state index contributed by atoms with van der Waals surface area (Å²) in [4.78, 5) is 4.49. The molecule has 1 N–H and O–H groups in total. The number of pyridine rings is 1. The van der Waals surface area contributed by atoms with Gasteiger partial charge in [0.1, 0.15) is 0 Å². The maximum absolute atomic E-state index is 12.7. The molecule has 0 fully saturated rings. The highest BCUT2D eigenvalue weighted by atomic mass is 35.5. The largest absolute Gasteiger partial charge is 0.417 e. The minimum atomic E-state index is -4.50. The summed E-state index contributed by atoms with van der Waals surface area (Å²) in [6, 6.07) is 7.95. The van der Waals surface area contributed by atoms with Crippen molar-refractivity contribution in [3.8, 4) is 5.82 Å². The second kappa shape index (κ2) is 7.15. The van der Waals surface area contributed by atoms with Crippen molar-refractivity contribution in [2.75, 3.05) is 4.72 Å². The molecule has 4 nitrogen and oxygen atoms in total. The van der Waals surface area contributed by atoms with Gasteiger partial charge in [0, 0.05) is 23.1 Å². The first-order chi connectivity index (χ1) is 11.8. The molecule has 0 amide bonds. The van der Waals surface area contributed by atoms with E-state index in [-0.39, 0.29) is 10.8 Å². The number of hydrogen-bond donors (Lipinski definition) is 1. The van der Waals surface area contributed by atoms with E-state index in [9.17, 15) is 13.2 Å². The van der Waals surface area contributed by atoms with Gasteiger partial charge >= 0.3 is 6.18 Å². The molecule has 0 spiro atoms. The molecular formula is C15H9Cl2F3N4S. The zero-order valence-electron chi connectivity index (χ0n) is 12.3. The third-order valence-electron chi connectivity index (χ3n) is 3.06. The van der Waals surface area contributed by atoms with Gasteiger partial charge in [0.05, 0.1) is 21.7 Å². The van der Waals surface area contributed by atoms with E-state index < -0.39 is 11.7 Å². The van der Waals surface area contributed by atoms with Crippen molar-refractivity contribution in [1.29, 1.82) is 0 Å². The quantitative estimate of drug-likeness (QED) is 0.565. The van der Waals surface area contributed by atoms with Gasteiger partial charge in [-0.15, -0.1) is 0 Å². The second-order valence-electron chi connectivity index (χ2n) is 4.86. The van der Waals surface area contributed by atoms with Crippen LogP contribution in [-0.4, -0.2) is 14.8 Å². The van der Waals surface area contributed by atoms with Crippen LogP contribution in [0.3, 0.4) is 0 Å². The SMILES string of the molecule is FC(F)(F)c1cnc(-n2cc(SNc3ccc(Cl)cc3)cn2)c(Cl)c1. The number of benzene rings is 1. The van der Waals surface area contributed by atoms with E-state index in [1.165, 1.54) is 16.6 Å². The fraction of sp³-hybridized carbons (Fsp3) is 0.0667. The summed E-state index contributed by atoms with van der Waals surface area (Å²) in [5, 5.41) is 4.56. The molecule has 0 saturated heterocycles. The smallest absolute Gasteiger partial charge is 0.326 e. The number of rotatable bonds is 4. The van der Waals surface area contributed by atoms with Gasteiger partial charge in [-0.05, 0) is 42.3 Å². The first kappa shape index (κ1) is 17.9. The van der Waals surface area contributed by atoms with Crippen LogP contribution < -0.4 is 4.72 Å². The lowest BCUT2D eigenvalue weighted by atomic mass is 10.3. The Morgan fingerprint density at radius 2 is 1.80 bits per heavy atom. The summed E-state index contributed by atoms with van der Waals surface area (Å²) in [7, 11) is 0. The van der Waals surface area contributed by atoms with Crippen molar-refractivity contribution in [2.24, 2.45) is 0 Å². The maximum atomic E-state index is 12.7. The van der Waals surface area contributed by atoms with E-state index in [4.69, 9.17) is 23.2 Å². The van der Waals surface area contributed by atoms with Crippen molar-refractivity contribution >= 4 is 40.8 Å². The molecule has 2 heterocycles. The Labute approximate surface area is 155 Å². The minimum Gasteiger partial charge on any atom is -0.326 e. The van der Waals surface area contributed by atoms with Crippen LogP contribution in [0.1, 0.15) is 5.56 Å². The Hall–Kier alpha value is -1.90. The van der Waals surface area contributed by atoms with Crippen molar-refractivity contribution in [2.45, 2.75) is 11.1 Å². The molecule has 3 rings (SSSR count). The Morgan fingerprint density at radius 1 is 1.08 bits per heavy atom. The van der Waals surface area contributed by atoms with Crippen molar-refractivity contribution in [3.63, 3.8) is 0 Å². The van der Waals surface area contributed by atoms with E-state index >= 15 is 0 Å². The van der Waals surface area contributed by atoms with Crippen LogP contribution in [0.15, 0.2) is 53.8 Å². The average Bonchev–Trinajstić information content (AvgIpc) is 3.02. The molecular weight excluding hydrogens is 396 g/mol. The van der Waals surface area contributed by atoms with Gasteiger partial charge in [0.25, 0.3) is 0 Å². The number of halogens is 5. The average molecular weight is 405 g/mol. The summed E-state index contributed by atoms with van der Waals surface area (Å²) < 4.78 is 42.4. The maximum Gasteiger partial charge on any atom is 0.417 e. The summed E-state index contributed by atoms with van der Waals surface area (Å²) in [6.07, 6.45) is -0.622. The lowest BCUT2D eigenvalue weighted by Gasteiger charge is -2.08. The Bertz CT molecular complexity index is 881. The first-order valence-electron chi connectivity index (χ1n) is 6.79. The van der Waals surface area contributed by atoms with Gasteiger partial charge < -0.3 is 4.72 Å². The summed E-state index contributed by atoms with van der Waals surface area (Å²) >= 11 is 13.0. The van der Waals surface area contributed by atoms with Crippen LogP contribution in [0.4, 0.5) is 18.9 Å². The number of nitrogens with one attached hydrogen (secondary N) is 1. The molecule has 0 aliphatic carbocycles. The van der Waals surface area contributed by atoms with Crippen LogP contribution in [0, 0.1) is 0 Å². The van der Waals surface area contributed by atoms with Crippen molar-refractivity contribution in [1.82, 2.24) is 14.8 Å². The summed E-state index contributed by atoms with van der Waals surface area (Å²) in [6.45, 7) is 0. The number of anilines is 1. The molecule has 0 bridgehead atoms. The predicted molar refractivity (Wildman–Crippen MR) is 92.3 cm³/mol. The first-order valence-corrected chi connectivity index (χ1v) is 8.36. The molecule has 0 atom stereocenters. The monoisotopic (exact) mass is 404 g/mol.